The lowest BCUT2D eigenvalue weighted by Gasteiger charge is -2.53. The molecule has 22 heavy (non-hydrogen) atoms. The van der Waals surface area contributed by atoms with Gasteiger partial charge in [0.05, 0.1) is 13.3 Å². The van der Waals surface area contributed by atoms with Gasteiger partial charge in [0, 0.05) is 5.22 Å². The lowest BCUT2D eigenvalue weighted by atomic mass is 10.2. The third kappa shape index (κ3) is 5.01. The van der Waals surface area contributed by atoms with Crippen molar-refractivity contribution < 1.29 is 8.85 Å². The Kier molecular flexibility index (Phi) is 7.36. The molecule has 3 nitrogen and oxygen atoms in total. The molecule has 1 atom stereocenters. The minimum Gasteiger partial charge on any atom is -0.412 e. The van der Waals surface area contributed by atoms with Crippen LogP contribution >= 0.6 is 0 Å². The molecule has 0 fully saturated rings. The third-order valence-electron chi connectivity index (χ3n) is 5.40. The predicted octanol–water partition coefficient (Wildman–Crippen LogP) is 5.03. The molecule has 0 bridgehead atoms. The van der Waals surface area contributed by atoms with E-state index in [1.165, 1.54) is 0 Å². The molecule has 0 heterocycles. The molecule has 0 saturated carbocycles. The fourth-order valence-electron chi connectivity index (χ4n) is 3.41. The molecule has 0 saturated heterocycles. The van der Waals surface area contributed by atoms with Crippen molar-refractivity contribution in [3.8, 4) is 0 Å². The van der Waals surface area contributed by atoms with Crippen LogP contribution in [0.25, 0.3) is 0 Å². The highest BCUT2D eigenvalue weighted by Gasteiger charge is 2.53. The second-order valence-electron chi connectivity index (χ2n) is 8.85. The van der Waals surface area contributed by atoms with E-state index in [1.54, 1.807) is 0 Å². The van der Waals surface area contributed by atoms with Gasteiger partial charge in [-0.05, 0) is 52.4 Å². The highest BCUT2D eigenvalue weighted by atomic mass is 28.4. The van der Waals surface area contributed by atoms with E-state index in [9.17, 15) is 0 Å². The normalized spacial score (nSPS) is 17.5. The molecule has 0 aliphatic carbocycles. The van der Waals surface area contributed by atoms with E-state index in [2.05, 4.69) is 73.5 Å². The molecule has 134 valence electrons. The summed E-state index contributed by atoms with van der Waals surface area (Å²) in [6, 6.07) is 0. The maximum absolute atomic E-state index is 7.03. The van der Waals surface area contributed by atoms with Crippen molar-refractivity contribution in [2.24, 2.45) is 5.40 Å². The molecule has 0 aliphatic heterocycles. The summed E-state index contributed by atoms with van der Waals surface area (Å²) in [4.78, 5) is 0. The molecule has 0 aromatic carbocycles. The Morgan fingerprint density at radius 3 is 1.41 bits per heavy atom. The van der Waals surface area contributed by atoms with Crippen LogP contribution in [-0.4, -0.2) is 35.3 Å². The number of nitrogens with two attached hydrogens (primary N) is 1. The zero-order valence-corrected chi connectivity index (χ0v) is 20.0. The van der Waals surface area contributed by atoms with Crippen LogP contribution in [0, 0.1) is 0 Å². The summed E-state index contributed by atoms with van der Waals surface area (Å²) in [6.07, 6.45) is 3.12. The monoisotopic (exact) mass is 363 g/mol. The summed E-state index contributed by atoms with van der Waals surface area (Å²) in [5.41, 5.74) is 0. The summed E-state index contributed by atoms with van der Waals surface area (Å²) >= 11 is 0. The van der Waals surface area contributed by atoms with Crippen LogP contribution in [0.4, 0.5) is 0 Å². The van der Waals surface area contributed by atoms with Gasteiger partial charge in [-0.2, -0.15) is 0 Å². The van der Waals surface area contributed by atoms with Gasteiger partial charge in [-0.1, -0.05) is 40.4 Å². The van der Waals surface area contributed by atoms with Gasteiger partial charge in [0.25, 0.3) is 8.48 Å². The fourth-order valence-corrected chi connectivity index (χ4v) is 12.9. The highest BCUT2D eigenvalue weighted by molar-refractivity contribution is 6.82. The van der Waals surface area contributed by atoms with E-state index in [-0.39, 0.29) is 10.4 Å². The van der Waals surface area contributed by atoms with Crippen molar-refractivity contribution in [1.82, 2.24) is 0 Å². The number of rotatable bonds is 9. The maximum atomic E-state index is 7.03. The maximum Gasteiger partial charge on any atom is 0.260 e. The molecule has 1 unspecified atom stereocenters. The van der Waals surface area contributed by atoms with Gasteiger partial charge < -0.3 is 14.3 Å². The van der Waals surface area contributed by atoms with Crippen molar-refractivity contribution in [3.63, 3.8) is 0 Å². The van der Waals surface area contributed by atoms with Gasteiger partial charge in [0.1, 0.15) is 0 Å². The first-order chi connectivity index (χ1) is 9.60. The first kappa shape index (κ1) is 22.5. The Hall–Kier alpha value is 0.531. The van der Waals surface area contributed by atoms with Crippen molar-refractivity contribution >= 4 is 24.9 Å². The molecule has 0 spiro atoms. The summed E-state index contributed by atoms with van der Waals surface area (Å²) in [5.74, 6) is 0. The minimum absolute atomic E-state index is 0.0306. The Balaban J connectivity index is 5.69. The van der Waals surface area contributed by atoms with Crippen LogP contribution in [0.1, 0.15) is 47.0 Å². The van der Waals surface area contributed by atoms with Crippen LogP contribution in [0.2, 0.25) is 45.8 Å². The van der Waals surface area contributed by atoms with Crippen LogP contribution in [-0.2, 0) is 8.85 Å². The van der Waals surface area contributed by atoms with E-state index >= 15 is 0 Å². The van der Waals surface area contributed by atoms with Gasteiger partial charge >= 0.3 is 0 Å². The fraction of sp³-hybridized carbons (Fsp3) is 1.00. The van der Waals surface area contributed by atoms with E-state index in [4.69, 9.17) is 14.3 Å². The van der Waals surface area contributed by atoms with E-state index < -0.39 is 24.9 Å². The average Bonchev–Trinajstić information content (AvgIpc) is 2.32. The molecular formula is C16H41NO2Si3. The van der Waals surface area contributed by atoms with Crippen molar-refractivity contribution in [1.29, 1.82) is 0 Å². The molecule has 0 aromatic rings. The average molecular weight is 364 g/mol. The standard InChI is InChI=1S/C16H41NO2Si3/c1-12-15(4,18-22(10,11)17)21(8,9)19-16(13-2,14-3)20(5,6)7/h12-14,17H2,1-11H3. The van der Waals surface area contributed by atoms with Crippen LogP contribution in [0.3, 0.4) is 0 Å². The lowest BCUT2D eigenvalue weighted by Crippen LogP contribution is -2.68. The highest BCUT2D eigenvalue weighted by Crippen LogP contribution is 2.40. The topological polar surface area (TPSA) is 44.5 Å². The van der Waals surface area contributed by atoms with Crippen molar-refractivity contribution in [2.45, 2.75) is 103 Å². The van der Waals surface area contributed by atoms with Crippen molar-refractivity contribution in [2.75, 3.05) is 0 Å². The Morgan fingerprint density at radius 1 is 0.773 bits per heavy atom. The molecule has 0 amide bonds. The number of hydrogen-bond donors (Lipinski definition) is 1. The van der Waals surface area contributed by atoms with Crippen LogP contribution < -0.4 is 5.40 Å². The molecule has 2 N–H and O–H groups in total. The van der Waals surface area contributed by atoms with E-state index in [1.807, 2.05) is 0 Å². The van der Waals surface area contributed by atoms with Gasteiger partial charge in [-0.25, -0.2) is 0 Å². The second kappa shape index (κ2) is 7.19. The Morgan fingerprint density at radius 2 is 1.18 bits per heavy atom. The Bertz CT molecular complexity index is 357. The summed E-state index contributed by atoms with van der Waals surface area (Å²) in [6.45, 7) is 25.0. The van der Waals surface area contributed by atoms with Crippen LogP contribution in [0.15, 0.2) is 0 Å². The minimum atomic E-state index is -2.10. The third-order valence-corrected chi connectivity index (χ3v) is 14.2. The number of hydrogen-bond acceptors (Lipinski definition) is 3. The smallest absolute Gasteiger partial charge is 0.260 e. The van der Waals surface area contributed by atoms with E-state index in [0.29, 0.717) is 0 Å². The largest absolute Gasteiger partial charge is 0.412 e. The molecule has 6 heteroatoms. The summed E-state index contributed by atoms with van der Waals surface area (Å²) < 4.78 is 13.5. The van der Waals surface area contributed by atoms with Gasteiger partial charge in [-0.15, -0.1) is 0 Å². The SMILES string of the molecule is CCC(CC)(O[Si](C)(C)C(C)(CC)O[Si](C)(C)N)[Si](C)(C)C. The predicted molar refractivity (Wildman–Crippen MR) is 107 cm³/mol. The Labute approximate surface area is 142 Å². The van der Waals surface area contributed by atoms with Gasteiger partial charge in [0.2, 0.25) is 8.32 Å². The van der Waals surface area contributed by atoms with Gasteiger partial charge in [-0.3, -0.25) is 0 Å². The molecule has 0 rings (SSSR count). The van der Waals surface area contributed by atoms with Gasteiger partial charge in [0.15, 0.2) is 0 Å². The van der Waals surface area contributed by atoms with E-state index in [0.717, 1.165) is 19.3 Å². The molecule has 0 radical (unpaired) electrons. The van der Waals surface area contributed by atoms with Crippen LogP contribution in [0.5, 0.6) is 0 Å². The molecule has 0 aliphatic rings. The molecular weight excluding hydrogens is 322 g/mol. The zero-order chi connectivity index (χ0) is 18.0. The first-order valence-corrected chi connectivity index (χ1v) is 18.2. The summed E-state index contributed by atoms with van der Waals surface area (Å²) in [5, 5.41) is 6.10. The zero-order valence-electron chi connectivity index (χ0n) is 17.0. The quantitative estimate of drug-likeness (QED) is 0.584. The summed E-state index contributed by atoms with van der Waals surface area (Å²) in [7, 11) is -5.65. The molecule has 0 aromatic heterocycles. The lowest BCUT2D eigenvalue weighted by molar-refractivity contribution is 0.0649. The second-order valence-corrected chi connectivity index (χ2v) is 22.0. The van der Waals surface area contributed by atoms with Crippen molar-refractivity contribution in [3.05, 3.63) is 0 Å². The first-order valence-electron chi connectivity index (χ1n) is 8.79.